The Morgan fingerprint density at radius 3 is 2.84 bits per heavy atom. The molecular formula is C15H10BrNO2. The van der Waals surface area contributed by atoms with Crippen molar-refractivity contribution in [3.63, 3.8) is 0 Å². The topological polar surface area (TPSA) is 43.1 Å². The van der Waals surface area contributed by atoms with Crippen molar-refractivity contribution in [3.05, 3.63) is 52.8 Å². The fourth-order valence-corrected chi connectivity index (χ4v) is 2.35. The van der Waals surface area contributed by atoms with Crippen LogP contribution in [-0.2, 0) is 0 Å². The summed E-state index contributed by atoms with van der Waals surface area (Å²) >= 11 is 3.41. The molecule has 94 valence electrons. The summed E-state index contributed by atoms with van der Waals surface area (Å²) < 4.78 is 6.50. The van der Waals surface area contributed by atoms with E-state index in [1.54, 1.807) is 18.3 Å². The van der Waals surface area contributed by atoms with E-state index in [-0.39, 0.29) is 5.78 Å². The summed E-state index contributed by atoms with van der Waals surface area (Å²) in [5, 5.41) is 1.02. The summed E-state index contributed by atoms with van der Waals surface area (Å²) in [6.45, 7) is 1.49. The van der Waals surface area contributed by atoms with E-state index in [0.29, 0.717) is 11.5 Å². The zero-order valence-corrected chi connectivity index (χ0v) is 11.8. The summed E-state index contributed by atoms with van der Waals surface area (Å²) in [5.41, 5.74) is 1.74. The van der Waals surface area contributed by atoms with Gasteiger partial charge in [-0.1, -0.05) is 12.1 Å². The van der Waals surface area contributed by atoms with Gasteiger partial charge in [0.05, 0.1) is 5.52 Å². The lowest BCUT2D eigenvalue weighted by molar-refractivity contribution is 0.0988. The minimum Gasteiger partial charge on any atom is -0.453 e. The normalized spacial score (nSPS) is 10.8. The average Bonchev–Trinajstić information content (AvgIpc) is 2.87. The zero-order chi connectivity index (χ0) is 13.4. The molecule has 0 aliphatic carbocycles. The fraction of sp³-hybridized carbons (Fsp3) is 0.0667. The van der Waals surface area contributed by atoms with E-state index in [2.05, 4.69) is 20.9 Å². The summed E-state index contributed by atoms with van der Waals surface area (Å²) in [6.07, 6.45) is 1.75. The first-order chi connectivity index (χ1) is 9.15. The maximum Gasteiger partial charge on any atom is 0.194 e. The molecule has 0 fully saturated rings. The van der Waals surface area contributed by atoms with Crippen LogP contribution in [0.4, 0.5) is 0 Å². The maximum atomic E-state index is 11.3. The second kappa shape index (κ2) is 4.63. The van der Waals surface area contributed by atoms with Crippen molar-refractivity contribution in [1.29, 1.82) is 0 Å². The molecule has 0 aliphatic heterocycles. The number of hydrogen-bond donors (Lipinski definition) is 0. The van der Waals surface area contributed by atoms with Gasteiger partial charge < -0.3 is 4.42 Å². The minimum absolute atomic E-state index is 0.0813. The molecule has 0 atom stereocenters. The van der Waals surface area contributed by atoms with Crippen LogP contribution in [0.1, 0.15) is 17.5 Å². The van der Waals surface area contributed by atoms with Crippen LogP contribution in [0.3, 0.4) is 0 Å². The Morgan fingerprint density at radius 2 is 2.11 bits per heavy atom. The first kappa shape index (κ1) is 12.1. The van der Waals surface area contributed by atoms with Gasteiger partial charge in [-0.05, 0) is 40.2 Å². The van der Waals surface area contributed by atoms with Gasteiger partial charge in [0.25, 0.3) is 0 Å². The molecule has 0 unspecified atom stereocenters. The number of carbonyl (C=O) groups excluding carboxylic acids is 1. The van der Waals surface area contributed by atoms with E-state index in [1.165, 1.54) is 6.92 Å². The van der Waals surface area contributed by atoms with Crippen molar-refractivity contribution in [2.45, 2.75) is 6.92 Å². The largest absolute Gasteiger partial charge is 0.453 e. The predicted octanol–water partition coefficient (Wildman–Crippen LogP) is 4.46. The summed E-state index contributed by atoms with van der Waals surface area (Å²) in [6, 6.07) is 11.4. The smallest absolute Gasteiger partial charge is 0.194 e. The lowest BCUT2D eigenvalue weighted by atomic mass is 10.1. The van der Waals surface area contributed by atoms with Crippen LogP contribution in [0.2, 0.25) is 0 Å². The number of aromatic nitrogens is 1. The number of pyridine rings is 1. The molecule has 2 heterocycles. The third-order valence-electron chi connectivity index (χ3n) is 2.90. The highest BCUT2D eigenvalue weighted by molar-refractivity contribution is 9.10. The Balaban J connectivity index is 2.21. The number of nitrogens with zero attached hydrogens (tertiary/aromatic N) is 1. The number of ketones is 1. The molecule has 0 saturated heterocycles. The quantitative estimate of drug-likeness (QED) is 0.656. The van der Waals surface area contributed by atoms with Crippen LogP contribution >= 0.6 is 15.9 Å². The molecule has 0 aliphatic rings. The van der Waals surface area contributed by atoms with Crippen LogP contribution in [0, 0.1) is 0 Å². The van der Waals surface area contributed by atoms with Gasteiger partial charge in [0, 0.05) is 28.5 Å². The van der Waals surface area contributed by atoms with E-state index in [9.17, 15) is 4.79 Å². The van der Waals surface area contributed by atoms with Crippen LogP contribution in [-0.4, -0.2) is 10.8 Å². The lowest BCUT2D eigenvalue weighted by Gasteiger charge is -2.03. The number of para-hydroxylation sites is 1. The summed E-state index contributed by atoms with van der Waals surface area (Å²) in [7, 11) is 0. The average molecular weight is 316 g/mol. The molecule has 0 N–H and O–H groups in total. The number of hydrogen-bond acceptors (Lipinski definition) is 3. The number of benzene rings is 1. The van der Waals surface area contributed by atoms with Gasteiger partial charge in [0.1, 0.15) is 5.76 Å². The fourth-order valence-electron chi connectivity index (χ4n) is 2.00. The summed E-state index contributed by atoms with van der Waals surface area (Å²) in [4.78, 5) is 15.7. The van der Waals surface area contributed by atoms with Gasteiger partial charge >= 0.3 is 0 Å². The highest BCUT2D eigenvalue weighted by atomic mass is 79.9. The molecule has 4 heteroatoms. The van der Waals surface area contributed by atoms with Crippen molar-refractivity contribution in [3.8, 4) is 11.3 Å². The van der Waals surface area contributed by atoms with E-state index in [0.717, 1.165) is 20.9 Å². The van der Waals surface area contributed by atoms with Crippen molar-refractivity contribution < 1.29 is 9.21 Å². The summed E-state index contributed by atoms with van der Waals surface area (Å²) in [5.74, 6) is 0.942. The van der Waals surface area contributed by atoms with Crippen LogP contribution in [0.25, 0.3) is 22.2 Å². The molecule has 0 bridgehead atoms. The van der Waals surface area contributed by atoms with Crippen molar-refractivity contribution in [2.75, 3.05) is 0 Å². The molecule has 19 heavy (non-hydrogen) atoms. The molecule has 2 aromatic heterocycles. The SMILES string of the molecule is CC(=O)c1ccc(-c2cccc3cc(Br)cnc23)o1. The Labute approximate surface area is 118 Å². The standard InChI is InChI=1S/C15H10BrNO2/c1-9(18)13-5-6-14(19-13)12-4-2-3-10-7-11(16)8-17-15(10)12/h2-8H,1H3. The molecule has 0 spiro atoms. The number of halogens is 1. The molecule has 1 aromatic carbocycles. The van der Waals surface area contributed by atoms with E-state index in [4.69, 9.17) is 4.42 Å². The van der Waals surface area contributed by atoms with Gasteiger partial charge in [-0.2, -0.15) is 0 Å². The number of carbonyl (C=O) groups is 1. The Bertz CT molecular complexity index is 777. The molecule has 0 radical (unpaired) electrons. The first-order valence-corrected chi connectivity index (χ1v) is 6.60. The second-order valence-electron chi connectivity index (χ2n) is 4.25. The van der Waals surface area contributed by atoms with Crippen molar-refractivity contribution >= 4 is 32.6 Å². The van der Waals surface area contributed by atoms with Crippen LogP contribution in [0.15, 0.2) is 51.5 Å². The van der Waals surface area contributed by atoms with Crippen molar-refractivity contribution in [2.24, 2.45) is 0 Å². The molecule has 3 rings (SSSR count). The highest BCUT2D eigenvalue weighted by Crippen LogP contribution is 2.29. The molecular weight excluding hydrogens is 306 g/mol. The predicted molar refractivity (Wildman–Crippen MR) is 77.1 cm³/mol. The second-order valence-corrected chi connectivity index (χ2v) is 5.17. The molecule has 0 saturated carbocycles. The van der Waals surface area contributed by atoms with Crippen LogP contribution < -0.4 is 0 Å². The first-order valence-electron chi connectivity index (χ1n) is 5.80. The maximum absolute atomic E-state index is 11.3. The van der Waals surface area contributed by atoms with Crippen molar-refractivity contribution in [1.82, 2.24) is 4.98 Å². The Kier molecular flexibility index (Phi) is 2.95. The number of fused-ring (bicyclic) bond motifs is 1. The lowest BCUT2D eigenvalue weighted by Crippen LogP contribution is -1.87. The van der Waals surface area contributed by atoms with Crippen LogP contribution in [0.5, 0.6) is 0 Å². The number of rotatable bonds is 2. The third kappa shape index (κ3) is 2.19. The van der Waals surface area contributed by atoms with Gasteiger partial charge in [-0.15, -0.1) is 0 Å². The zero-order valence-electron chi connectivity index (χ0n) is 10.2. The van der Waals surface area contributed by atoms with E-state index < -0.39 is 0 Å². The van der Waals surface area contributed by atoms with E-state index >= 15 is 0 Å². The number of furan rings is 1. The Hall–Kier alpha value is -1.94. The molecule has 3 nitrogen and oxygen atoms in total. The number of Topliss-reactive ketones (excluding diaryl/α,β-unsaturated/α-hetero) is 1. The minimum atomic E-state index is -0.0813. The molecule has 3 aromatic rings. The van der Waals surface area contributed by atoms with Gasteiger partial charge in [0.15, 0.2) is 11.5 Å². The van der Waals surface area contributed by atoms with Gasteiger partial charge in [-0.3, -0.25) is 9.78 Å². The monoisotopic (exact) mass is 315 g/mol. The third-order valence-corrected chi connectivity index (χ3v) is 3.33. The van der Waals surface area contributed by atoms with E-state index in [1.807, 2.05) is 24.3 Å². The van der Waals surface area contributed by atoms with Gasteiger partial charge in [-0.25, -0.2) is 0 Å². The van der Waals surface area contributed by atoms with Gasteiger partial charge in [0.2, 0.25) is 0 Å². The highest BCUT2D eigenvalue weighted by Gasteiger charge is 2.11. The Morgan fingerprint density at radius 1 is 1.26 bits per heavy atom. The molecule has 0 amide bonds.